The molecule has 30 heavy (non-hydrogen) atoms. The number of benzene rings is 1. The van der Waals surface area contributed by atoms with Crippen molar-refractivity contribution in [2.45, 2.75) is 26.0 Å². The number of nitrogens with two attached hydrogens (primary N) is 2. The molecule has 0 fully saturated rings. The Kier molecular flexibility index (Phi) is 4.98. The van der Waals surface area contributed by atoms with Gasteiger partial charge in [-0.2, -0.15) is 8.78 Å². The van der Waals surface area contributed by atoms with Crippen LogP contribution in [0.2, 0.25) is 0 Å². The highest BCUT2D eigenvalue weighted by atomic mass is 19.3. The van der Waals surface area contributed by atoms with Crippen LogP contribution in [0.25, 0.3) is 11.3 Å². The number of alkyl halides is 2. The highest BCUT2D eigenvalue weighted by Gasteiger charge is 2.36. The summed E-state index contributed by atoms with van der Waals surface area (Å²) in [5.41, 5.74) is 15.6. The first-order valence-corrected chi connectivity index (χ1v) is 9.45. The fourth-order valence-electron chi connectivity index (χ4n) is 3.61. The number of rotatable bonds is 4. The van der Waals surface area contributed by atoms with Gasteiger partial charge in [0.15, 0.2) is 5.82 Å². The maximum atomic E-state index is 14.6. The number of nitrogen functional groups attached to an aromatic ring is 2. The average Bonchev–Trinajstić information content (AvgIpc) is 2.69. The molecular formula is C21H22F2N6O. The van der Waals surface area contributed by atoms with Crippen LogP contribution in [0, 0.1) is 6.92 Å². The predicted molar refractivity (Wildman–Crippen MR) is 110 cm³/mol. The fourth-order valence-corrected chi connectivity index (χ4v) is 3.61. The summed E-state index contributed by atoms with van der Waals surface area (Å²) in [6.07, 6.45) is -0.0905. The summed E-state index contributed by atoms with van der Waals surface area (Å²) >= 11 is 0. The van der Waals surface area contributed by atoms with Crippen LogP contribution in [-0.4, -0.2) is 33.4 Å². The van der Waals surface area contributed by atoms with E-state index in [0.717, 1.165) is 42.8 Å². The number of likely N-dealkylation sites (N-methyl/N-ethyl adjacent to an activating group) is 1. The number of halogens is 2. The van der Waals surface area contributed by atoms with Crippen molar-refractivity contribution in [1.29, 1.82) is 0 Å². The second kappa shape index (κ2) is 7.49. The molecule has 0 saturated carbocycles. The highest BCUT2D eigenvalue weighted by molar-refractivity contribution is 5.64. The molecule has 4 N–H and O–H groups in total. The molecule has 0 radical (unpaired) electrons. The number of ether oxygens (including phenoxy) is 1. The van der Waals surface area contributed by atoms with Gasteiger partial charge in [-0.1, -0.05) is 0 Å². The first-order valence-electron chi connectivity index (χ1n) is 9.45. The lowest BCUT2D eigenvalue weighted by Crippen LogP contribution is -2.27. The van der Waals surface area contributed by atoms with E-state index in [2.05, 4.69) is 26.9 Å². The van der Waals surface area contributed by atoms with Crippen molar-refractivity contribution in [3.8, 4) is 17.1 Å². The average molecular weight is 412 g/mol. The first kappa shape index (κ1) is 20.0. The van der Waals surface area contributed by atoms with E-state index >= 15 is 0 Å². The van der Waals surface area contributed by atoms with Crippen molar-refractivity contribution < 1.29 is 13.5 Å². The Morgan fingerprint density at radius 2 is 1.97 bits per heavy atom. The van der Waals surface area contributed by atoms with Crippen molar-refractivity contribution in [2.24, 2.45) is 0 Å². The lowest BCUT2D eigenvalue weighted by molar-refractivity contribution is -0.187. The van der Waals surface area contributed by atoms with Crippen molar-refractivity contribution in [2.75, 3.05) is 25.1 Å². The zero-order valence-corrected chi connectivity index (χ0v) is 16.7. The van der Waals surface area contributed by atoms with Crippen LogP contribution < -0.4 is 16.2 Å². The van der Waals surface area contributed by atoms with E-state index in [9.17, 15) is 8.78 Å². The molecule has 9 heteroatoms. The van der Waals surface area contributed by atoms with Gasteiger partial charge in [0, 0.05) is 24.8 Å². The number of fused-ring (bicyclic) bond motifs is 1. The summed E-state index contributed by atoms with van der Waals surface area (Å²) in [6, 6.07) is 6.16. The largest absolute Gasteiger partial charge is 0.428 e. The summed E-state index contributed by atoms with van der Waals surface area (Å²) in [5.74, 6) is -0.715. The number of anilines is 2. The molecule has 3 aromatic rings. The molecule has 0 saturated heterocycles. The quantitative estimate of drug-likeness (QED) is 0.679. The summed E-state index contributed by atoms with van der Waals surface area (Å²) < 4.78 is 34.1. The Morgan fingerprint density at radius 3 is 2.73 bits per heavy atom. The van der Waals surface area contributed by atoms with Crippen molar-refractivity contribution in [1.82, 2.24) is 19.9 Å². The van der Waals surface area contributed by atoms with Crippen molar-refractivity contribution >= 4 is 11.6 Å². The minimum absolute atomic E-state index is 0.0434. The normalized spacial score (nSPS) is 14.4. The number of nitrogens with zero attached hydrogens (tertiary/aromatic N) is 4. The van der Waals surface area contributed by atoms with Crippen LogP contribution >= 0.6 is 0 Å². The maximum Gasteiger partial charge on any atom is 0.428 e. The van der Waals surface area contributed by atoms with Gasteiger partial charge in [-0.25, -0.2) is 15.0 Å². The monoisotopic (exact) mass is 412 g/mol. The molecule has 1 aromatic carbocycles. The Morgan fingerprint density at radius 1 is 1.17 bits per heavy atom. The van der Waals surface area contributed by atoms with E-state index in [1.165, 1.54) is 23.5 Å². The first-order chi connectivity index (χ1) is 14.2. The zero-order chi connectivity index (χ0) is 21.5. The third kappa shape index (κ3) is 3.88. The van der Waals surface area contributed by atoms with E-state index in [1.54, 1.807) is 0 Å². The number of hydrogen-bond acceptors (Lipinski definition) is 7. The minimum atomic E-state index is -3.70. The molecule has 7 nitrogen and oxygen atoms in total. The molecule has 0 unspecified atom stereocenters. The van der Waals surface area contributed by atoms with Gasteiger partial charge in [-0.15, -0.1) is 0 Å². The molecule has 1 aliphatic heterocycles. The summed E-state index contributed by atoms with van der Waals surface area (Å²) in [5, 5.41) is 0. The maximum absolute atomic E-state index is 14.6. The predicted octanol–water partition coefficient (Wildman–Crippen LogP) is 3.13. The Bertz CT molecular complexity index is 1100. The molecule has 0 spiro atoms. The zero-order valence-electron chi connectivity index (χ0n) is 16.7. The fraction of sp³-hybridized carbons (Fsp3) is 0.286. The molecule has 0 amide bonds. The standard InChI is InChI=1S/C21H22F2N6O/c1-12-7-13(8-14-11-29(2)6-4-16(12)14)17-10-27-19(25)20(28-17)30-21(22,23)15-3-5-26-18(24)9-15/h3,5,7-10H,4,6,11H2,1-2H3,(H2,24,26)(H2,25,27). The minimum Gasteiger partial charge on any atom is -0.407 e. The van der Waals surface area contributed by atoms with Gasteiger partial charge in [0.05, 0.1) is 17.5 Å². The van der Waals surface area contributed by atoms with E-state index in [0.29, 0.717) is 5.69 Å². The second-order valence-corrected chi connectivity index (χ2v) is 7.45. The van der Waals surface area contributed by atoms with Gasteiger partial charge in [0.2, 0.25) is 0 Å². The van der Waals surface area contributed by atoms with Crippen LogP contribution in [-0.2, 0) is 19.1 Å². The molecule has 0 aliphatic carbocycles. The molecule has 156 valence electrons. The number of aryl methyl sites for hydroxylation is 1. The lowest BCUT2D eigenvalue weighted by Gasteiger charge is -2.27. The molecule has 2 aromatic heterocycles. The summed E-state index contributed by atoms with van der Waals surface area (Å²) in [7, 11) is 2.06. The molecular weight excluding hydrogens is 390 g/mol. The molecule has 4 rings (SSSR count). The van der Waals surface area contributed by atoms with Crippen molar-refractivity contribution in [3.05, 3.63) is 58.9 Å². The summed E-state index contributed by atoms with van der Waals surface area (Å²) in [4.78, 5) is 14.2. The van der Waals surface area contributed by atoms with Gasteiger partial charge >= 0.3 is 6.11 Å². The molecule has 0 atom stereocenters. The summed E-state index contributed by atoms with van der Waals surface area (Å²) in [6.45, 7) is 3.86. The smallest absolute Gasteiger partial charge is 0.407 e. The van der Waals surface area contributed by atoms with Crippen LogP contribution in [0.1, 0.15) is 22.3 Å². The third-order valence-corrected chi connectivity index (χ3v) is 5.15. The topological polar surface area (TPSA) is 103 Å². The molecule has 1 aliphatic rings. The number of aromatic nitrogens is 3. The van der Waals surface area contributed by atoms with Crippen LogP contribution in [0.4, 0.5) is 20.4 Å². The van der Waals surface area contributed by atoms with Gasteiger partial charge in [0.25, 0.3) is 5.88 Å². The van der Waals surface area contributed by atoms with Crippen molar-refractivity contribution in [3.63, 3.8) is 0 Å². The molecule has 3 heterocycles. The van der Waals surface area contributed by atoms with E-state index in [-0.39, 0.29) is 11.6 Å². The van der Waals surface area contributed by atoms with E-state index in [1.807, 2.05) is 19.1 Å². The lowest BCUT2D eigenvalue weighted by atomic mass is 9.92. The second-order valence-electron chi connectivity index (χ2n) is 7.45. The Hall–Kier alpha value is -3.33. The van der Waals surface area contributed by atoms with Gasteiger partial charge in [-0.3, -0.25) is 0 Å². The Labute approximate surface area is 172 Å². The Balaban J connectivity index is 1.69. The van der Waals surface area contributed by atoms with Crippen LogP contribution in [0.5, 0.6) is 5.88 Å². The highest BCUT2D eigenvalue weighted by Crippen LogP contribution is 2.35. The van der Waals surface area contributed by atoms with Crippen LogP contribution in [0.3, 0.4) is 0 Å². The number of hydrogen-bond donors (Lipinski definition) is 2. The third-order valence-electron chi connectivity index (χ3n) is 5.15. The SMILES string of the molecule is Cc1cc(-c2cnc(N)c(OC(F)(F)c3ccnc(N)c3)n2)cc2c1CCN(C)C2. The van der Waals surface area contributed by atoms with Gasteiger partial charge in [0.1, 0.15) is 5.82 Å². The number of pyridine rings is 1. The van der Waals surface area contributed by atoms with E-state index < -0.39 is 17.6 Å². The van der Waals surface area contributed by atoms with Gasteiger partial charge < -0.3 is 21.1 Å². The molecule has 0 bridgehead atoms. The van der Waals surface area contributed by atoms with Gasteiger partial charge in [-0.05, 0) is 61.3 Å². The van der Waals surface area contributed by atoms with E-state index in [4.69, 9.17) is 16.2 Å². The van der Waals surface area contributed by atoms with Crippen LogP contribution in [0.15, 0.2) is 36.7 Å².